The summed E-state index contributed by atoms with van der Waals surface area (Å²) >= 11 is 0. The fourth-order valence-corrected chi connectivity index (χ4v) is 4.12. The van der Waals surface area contributed by atoms with Crippen molar-refractivity contribution in [2.45, 2.75) is 128 Å². The van der Waals surface area contributed by atoms with Gasteiger partial charge in [-0.25, -0.2) is 0 Å². The van der Waals surface area contributed by atoms with E-state index in [9.17, 15) is 20.4 Å². The van der Waals surface area contributed by atoms with Gasteiger partial charge in [-0.05, 0) is 19.3 Å². The predicted octanol–water partition coefficient (Wildman–Crippen LogP) is 3.21. The highest BCUT2D eigenvalue weighted by molar-refractivity contribution is 5.04. The SMILES string of the molecule is CCCCCCOC1(CO)O[C@@](OC)(OCCCCCC)[C@@H](O)[C@@H](O)[C@@]1(O)OCCCCCC. The fraction of sp³-hybridized carbons (Fsp3) is 1.00. The van der Waals surface area contributed by atoms with Gasteiger partial charge in [0.1, 0.15) is 12.7 Å². The van der Waals surface area contributed by atoms with E-state index >= 15 is 0 Å². The summed E-state index contributed by atoms with van der Waals surface area (Å²) in [5, 5.41) is 43.9. The van der Waals surface area contributed by atoms with Gasteiger partial charge in [0.25, 0.3) is 11.6 Å². The van der Waals surface area contributed by atoms with Gasteiger partial charge in [0.15, 0.2) is 6.10 Å². The van der Waals surface area contributed by atoms with Crippen LogP contribution in [0, 0.1) is 0 Å². The summed E-state index contributed by atoms with van der Waals surface area (Å²) in [6.07, 6.45) is 7.07. The first-order valence-electron chi connectivity index (χ1n) is 13.2. The Morgan fingerprint density at radius 2 is 1.15 bits per heavy atom. The lowest BCUT2D eigenvalue weighted by Gasteiger charge is -2.56. The molecule has 0 saturated carbocycles. The van der Waals surface area contributed by atoms with Gasteiger partial charge in [0.05, 0.1) is 19.8 Å². The summed E-state index contributed by atoms with van der Waals surface area (Å²) in [7, 11) is 1.27. The van der Waals surface area contributed by atoms with Crippen LogP contribution in [0.1, 0.15) is 97.8 Å². The lowest BCUT2D eigenvalue weighted by atomic mass is 9.90. The molecule has 9 heteroatoms. The molecule has 0 radical (unpaired) electrons. The summed E-state index contributed by atoms with van der Waals surface area (Å²) in [6.45, 7) is 5.83. The first-order chi connectivity index (χ1) is 16.3. The summed E-state index contributed by atoms with van der Waals surface area (Å²) in [4.78, 5) is 0. The second kappa shape index (κ2) is 16.4. The smallest absolute Gasteiger partial charge is 0.315 e. The molecule has 4 N–H and O–H groups in total. The summed E-state index contributed by atoms with van der Waals surface area (Å²) in [6, 6.07) is 0. The van der Waals surface area contributed by atoms with Gasteiger partial charge >= 0.3 is 5.97 Å². The minimum absolute atomic E-state index is 0.0858. The molecular formula is C25H50O9. The van der Waals surface area contributed by atoms with Crippen molar-refractivity contribution in [2.75, 3.05) is 33.5 Å². The molecule has 1 rings (SSSR count). The number of aliphatic hydroxyl groups is 4. The van der Waals surface area contributed by atoms with E-state index in [1.165, 1.54) is 7.11 Å². The average molecular weight is 495 g/mol. The predicted molar refractivity (Wildman–Crippen MR) is 128 cm³/mol. The first-order valence-corrected chi connectivity index (χ1v) is 13.2. The van der Waals surface area contributed by atoms with E-state index in [4.69, 9.17) is 23.7 Å². The van der Waals surface area contributed by atoms with Crippen molar-refractivity contribution in [2.24, 2.45) is 0 Å². The monoisotopic (exact) mass is 494 g/mol. The molecule has 1 unspecified atom stereocenters. The van der Waals surface area contributed by atoms with Crippen molar-refractivity contribution in [1.29, 1.82) is 0 Å². The molecule has 1 aliphatic heterocycles. The van der Waals surface area contributed by atoms with E-state index in [1.54, 1.807) is 0 Å². The molecule has 0 aliphatic carbocycles. The first kappa shape index (κ1) is 31.7. The van der Waals surface area contributed by atoms with Crippen LogP contribution in [0.25, 0.3) is 0 Å². The average Bonchev–Trinajstić information content (AvgIpc) is 2.85. The van der Waals surface area contributed by atoms with Crippen molar-refractivity contribution in [1.82, 2.24) is 0 Å². The van der Waals surface area contributed by atoms with E-state index in [-0.39, 0.29) is 19.8 Å². The lowest BCUT2D eigenvalue weighted by molar-refractivity contribution is -0.560. The Morgan fingerprint density at radius 3 is 1.59 bits per heavy atom. The zero-order chi connectivity index (χ0) is 25.5. The summed E-state index contributed by atoms with van der Waals surface area (Å²) < 4.78 is 28.8. The lowest BCUT2D eigenvalue weighted by Crippen LogP contribution is -2.80. The van der Waals surface area contributed by atoms with E-state index in [0.29, 0.717) is 19.3 Å². The second-order valence-corrected chi connectivity index (χ2v) is 9.13. The molecule has 204 valence electrons. The molecule has 1 heterocycles. The molecule has 5 atom stereocenters. The number of hydrogen-bond donors (Lipinski definition) is 4. The molecule has 0 aromatic rings. The maximum Gasteiger partial charge on any atom is 0.315 e. The van der Waals surface area contributed by atoms with E-state index < -0.39 is 36.4 Å². The van der Waals surface area contributed by atoms with Gasteiger partial charge in [-0.2, -0.15) is 0 Å². The number of ether oxygens (including phenoxy) is 5. The van der Waals surface area contributed by atoms with Crippen LogP contribution >= 0.6 is 0 Å². The molecule has 0 spiro atoms. The van der Waals surface area contributed by atoms with Crippen molar-refractivity contribution in [3.05, 3.63) is 0 Å². The number of unbranched alkanes of at least 4 members (excludes halogenated alkanes) is 9. The van der Waals surface area contributed by atoms with Crippen LogP contribution in [-0.4, -0.2) is 83.7 Å². The normalized spacial score (nSPS) is 31.8. The largest absolute Gasteiger partial charge is 0.391 e. The standard InChI is InChI=1S/C25H50O9/c1-5-8-11-14-17-31-23(20-26)24(29,32-18-15-12-9-6-2)21(27)22(28)25(30-4,34-23)33-19-16-13-10-7-3/h21-22,26-29H,5-20H2,1-4H3/t21-,22+,23?,24-,25+/m1/s1. The Bertz CT molecular complexity index is 523. The molecule has 1 aliphatic rings. The van der Waals surface area contributed by atoms with Gasteiger partial charge in [-0.15, -0.1) is 0 Å². The summed E-state index contributed by atoms with van der Waals surface area (Å²) in [5.41, 5.74) is 0. The third-order valence-corrected chi connectivity index (χ3v) is 6.36. The Labute approximate surface area is 205 Å². The minimum atomic E-state index is -2.54. The van der Waals surface area contributed by atoms with E-state index in [2.05, 4.69) is 20.8 Å². The third-order valence-electron chi connectivity index (χ3n) is 6.36. The zero-order valence-electron chi connectivity index (χ0n) is 21.8. The van der Waals surface area contributed by atoms with Gasteiger partial charge in [0.2, 0.25) is 0 Å². The van der Waals surface area contributed by atoms with Crippen LogP contribution in [0.15, 0.2) is 0 Å². The number of methoxy groups -OCH3 is 1. The Hall–Kier alpha value is -0.360. The van der Waals surface area contributed by atoms with Crippen LogP contribution in [0.3, 0.4) is 0 Å². The van der Waals surface area contributed by atoms with Gasteiger partial charge < -0.3 is 39.4 Å². The molecule has 0 aromatic carbocycles. The number of aliphatic hydroxyl groups excluding tert-OH is 3. The van der Waals surface area contributed by atoms with Crippen molar-refractivity contribution >= 4 is 0 Å². The highest BCUT2D eigenvalue weighted by Gasteiger charge is 2.72. The van der Waals surface area contributed by atoms with Crippen LogP contribution < -0.4 is 0 Å². The molecule has 1 fully saturated rings. The highest BCUT2D eigenvalue weighted by Crippen LogP contribution is 2.45. The fourth-order valence-electron chi connectivity index (χ4n) is 4.12. The molecular weight excluding hydrogens is 444 g/mol. The van der Waals surface area contributed by atoms with Crippen LogP contribution in [0.4, 0.5) is 0 Å². The van der Waals surface area contributed by atoms with Crippen molar-refractivity contribution in [3.63, 3.8) is 0 Å². The molecule has 9 nitrogen and oxygen atoms in total. The van der Waals surface area contributed by atoms with Gasteiger partial charge in [0, 0.05) is 7.11 Å². The van der Waals surface area contributed by atoms with Gasteiger partial charge in [-0.3, -0.25) is 4.74 Å². The summed E-state index contributed by atoms with van der Waals surface area (Å²) in [5.74, 6) is -6.90. The van der Waals surface area contributed by atoms with Crippen LogP contribution in [0.5, 0.6) is 0 Å². The topological polar surface area (TPSA) is 127 Å². The molecule has 34 heavy (non-hydrogen) atoms. The third kappa shape index (κ3) is 8.08. The quantitative estimate of drug-likeness (QED) is 0.149. The van der Waals surface area contributed by atoms with Crippen molar-refractivity contribution in [3.8, 4) is 0 Å². The Morgan fingerprint density at radius 1 is 0.676 bits per heavy atom. The number of hydrogen-bond acceptors (Lipinski definition) is 9. The van der Waals surface area contributed by atoms with E-state index in [1.807, 2.05) is 0 Å². The maximum atomic E-state index is 11.5. The Kier molecular flexibility index (Phi) is 15.3. The maximum absolute atomic E-state index is 11.5. The second-order valence-electron chi connectivity index (χ2n) is 9.13. The Balaban J connectivity index is 3.12. The van der Waals surface area contributed by atoms with Crippen LogP contribution in [0.2, 0.25) is 0 Å². The minimum Gasteiger partial charge on any atom is -0.391 e. The molecule has 0 bridgehead atoms. The molecule has 1 saturated heterocycles. The molecule has 0 amide bonds. The van der Waals surface area contributed by atoms with Gasteiger partial charge in [-0.1, -0.05) is 78.6 Å². The van der Waals surface area contributed by atoms with Crippen LogP contribution in [-0.2, 0) is 23.7 Å². The van der Waals surface area contributed by atoms with Crippen molar-refractivity contribution < 1.29 is 44.1 Å². The molecule has 0 aromatic heterocycles. The highest BCUT2D eigenvalue weighted by atomic mass is 16.9. The van der Waals surface area contributed by atoms with E-state index in [0.717, 1.165) is 57.8 Å². The zero-order valence-corrected chi connectivity index (χ0v) is 21.8. The number of rotatable bonds is 20.